The third kappa shape index (κ3) is 2.10. The molecule has 0 amide bonds. The Morgan fingerprint density at radius 3 is 2.33 bits per heavy atom. The van der Waals surface area contributed by atoms with E-state index >= 15 is 0 Å². The van der Waals surface area contributed by atoms with Crippen LogP contribution >= 0.6 is 0 Å². The second kappa shape index (κ2) is 4.97. The summed E-state index contributed by atoms with van der Waals surface area (Å²) in [6.07, 6.45) is 3.34. The highest BCUT2D eigenvalue weighted by atomic mass is 14.9. The van der Waals surface area contributed by atoms with Gasteiger partial charge >= 0.3 is 0 Å². The molecule has 2 aromatic rings. The number of aromatic nitrogens is 2. The Morgan fingerprint density at radius 2 is 1.72 bits per heavy atom. The lowest BCUT2D eigenvalue weighted by Crippen LogP contribution is -2.06. The average molecular weight is 237 g/mol. The molecule has 1 aromatic heterocycles. The normalized spacial score (nSPS) is 11.9. The van der Waals surface area contributed by atoms with Crippen LogP contribution in [0.15, 0.2) is 30.6 Å². The Balaban J connectivity index is 2.54. The molecule has 1 unspecified atom stereocenters. The maximum atomic E-state index is 9.39. The van der Waals surface area contributed by atoms with Gasteiger partial charge in [0.1, 0.15) is 11.7 Å². The highest BCUT2D eigenvalue weighted by Crippen LogP contribution is 2.27. The van der Waals surface area contributed by atoms with Crippen molar-refractivity contribution in [1.82, 2.24) is 9.97 Å². The molecule has 1 heterocycles. The lowest BCUT2D eigenvalue weighted by molar-refractivity contribution is 0.880. The molecule has 0 fully saturated rings. The number of nitriles is 1. The summed E-state index contributed by atoms with van der Waals surface area (Å²) < 4.78 is 0. The van der Waals surface area contributed by atoms with Gasteiger partial charge < -0.3 is 0 Å². The topological polar surface area (TPSA) is 49.6 Å². The predicted molar refractivity (Wildman–Crippen MR) is 70.1 cm³/mol. The number of hydrogen-bond acceptors (Lipinski definition) is 3. The molecular weight excluding hydrogens is 222 g/mol. The minimum Gasteiger partial charge on any atom is -0.240 e. The van der Waals surface area contributed by atoms with Crippen LogP contribution in [0, 0.1) is 32.1 Å². The van der Waals surface area contributed by atoms with Gasteiger partial charge in [0.25, 0.3) is 0 Å². The lowest BCUT2D eigenvalue weighted by atomic mass is 9.90. The van der Waals surface area contributed by atoms with Gasteiger partial charge in [0.2, 0.25) is 0 Å². The van der Waals surface area contributed by atoms with Gasteiger partial charge in [0.15, 0.2) is 0 Å². The Morgan fingerprint density at radius 1 is 1.06 bits per heavy atom. The first-order valence-corrected chi connectivity index (χ1v) is 5.88. The molecule has 18 heavy (non-hydrogen) atoms. The summed E-state index contributed by atoms with van der Waals surface area (Å²) in [4.78, 5) is 8.37. The van der Waals surface area contributed by atoms with E-state index in [2.05, 4.69) is 29.9 Å². The number of aryl methyl sites for hydroxylation is 1. The molecule has 1 aromatic carbocycles. The van der Waals surface area contributed by atoms with Gasteiger partial charge in [-0.25, -0.2) is 9.97 Å². The fourth-order valence-corrected chi connectivity index (χ4v) is 2.02. The molecular formula is C15H15N3. The van der Waals surface area contributed by atoms with Gasteiger partial charge in [-0.2, -0.15) is 5.26 Å². The molecule has 0 aliphatic rings. The van der Waals surface area contributed by atoms with Crippen LogP contribution in [0.5, 0.6) is 0 Å². The first-order valence-electron chi connectivity index (χ1n) is 5.88. The van der Waals surface area contributed by atoms with Crippen molar-refractivity contribution in [3.8, 4) is 6.07 Å². The van der Waals surface area contributed by atoms with Crippen molar-refractivity contribution in [2.24, 2.45) is 0 Å². The Kier molecular flexibility index (Phi) is 3.38. The minimum atomic E-state index is -0.398. The zero-order valence-electron chi connectivity index (χ0n) is 10.8. The molecule has 0 N–H and O–H groups in total. The molecule has 0 aliphatic carbocycles. The molecule has 0 saturated carbocycles. The van der Waals surface area contributed by atoms with Crippen molar-refractivity contribution in [2.45, 2.75) is 26.7 Å². The number of rotatable bonds is 2. The van der Waals surface area contributed by atoms with Gasteiger partial charge in [0, 0.05) is 12.4 Å². The van der Waals surface area contributed by atoms with Gasteiger partial charge in [-0.15, -0.1) is 0 Å². The van der Waals surface area contributed by atoms with Crippen LogP contribution in [0.4, 0.5) is 0 Å². The van der Waals surface area contributed by atoms with Gasteiger partial charge in [0.05, 0.1) is 6.07 Å². The van der Waals surface area contributed by atoms with Crippen molar-refractivity contribution < 1.29 is 0 Å². The molecule has 90 valence electrons. The number of nitrogens with zero attached hydrogens (tertiary/aromatic N) is 3. The molecule has 3 nitrogen and oxygen atoms in total. The van der Waals surface area contributed by atoms with E-state index in [0.29, 0.717) is 5.82 Å². The SMILES string of the molecule is Cc1ccc(C(C#N)c2ncccn2)c(C)c1C. The maximum absolute atomic E-state index is 9.39. The Bertz CT molecular complexity index is 597. The van der Waals surface area contributed by atoms with Crippen molar-refractivity contribution in [2.75, 3.05) is 0 Å². The summed E-state index contributed by atoms with van der Waals surface area (Å²) in [6.45, 7) is 6.20. The summed E-state index contributed by atoms with van der Waals surface area (Å²) in [5.41, 5.74) is 4.60. The van der Waals surface area contributed by atoms with Crippen molar-refractivity contribution >= 4 is 0 Å². The van der Waals surface area contributed by atoms with Crippen LogP contribution in [0.3, 0.4) is 0 Å². The number of benzene rings is 1. The van der Waals surface area contributed by atoms with Crippen molar-refractivity contribution in [1.29, 1.82) is 5.26 Å². The van der Waals surface area contributed by atoms with Crippen LogP contribution in [0.25, 0.3) is 0 Å². The van der Waals surface area contributed by atoms with Crippen LogP contribution in [0.2, 0.25) is 0 Å². The largest absolute Gasteiger partial charge is 0.240 e. The highest BCUT2D eigenvalue weighted by Gasteiger charge is 2.19. The standard InChI is InChI=1S/C15H15N3/c1-10-5-6-13(12(3)11(10)2)14(9-16)15-17-7-4-8-18-15/h4-8,14H,1-3H3. The van der Waals surface area contributed by atoms with Crippen LogP contribution in [-0.4, -0.2) is 9.97 Å². The van der Waals surface area contributed by atoms with Crippen LogP contribution in [0.1, 0.15) is 34.0 Å². The van der Waals surface area contributed by atoms with E-state index in [9.17, 15) is 5.26 Å². The molecule has 3 heteroatoms. The third-order valence-corrected chi connectivity index (χ3v) is 3.38. The Hall–Kier alpha value is -2.21. The molecule has 0 radical (unpaired) electrons. The van der Waals surface area contributed by atoms with E-state index in [-0.39, 0.29) is 0 Å². The predicted octanol–water partition coefficient (Wildman–Crippen LogP) is 3.06. The lowest BCUT2D eigenvalue weighted by Gasteiger charge is -2.14. The molecule has 1 atom stereocenters. The molecule has 0 saturated heterocycles. The maximum Gasteiger partial charge on any atom is 0.149 e. The number of hydrogen-bond donors (Lipinski definition) is 0. The molecule has 0 spiro atoms. The van der Waals surface area contributed by atoms with E-state index in [4.69, 9.17) is 0 Å². The summed E-state index contributed by atoms with van der Waals surface area (Å²) in [5, 5.41) is 9.39. The second-order valence-corrected chi connectivity index (χ2v) is 4.39. The fraction of sp³-hybridized carbons (Fsp3) is 0.267. The molecule has 0 aliphatic heterocycles. The fourth-order valence-electron chi connectivity index (χ4n) is 2.02. The summed E-state index contributed by atoms with van der Waals surface area (Å²) in [6, 6.07) is 8.10. The van der Waals surface area contributed by atoms with E-state index in [1.807, 2.05) is 19.1 Å². The zero-order chi connectivity index (χ0) is 13.1. The van der Waals surface area contributed by atoms with E-state index in [1.165, 1.54) is 11.1 Å². The first kappa shape index (κ1) is 12.3. The first-order chi connectivity index (χ1) is 8.65. The third-order valence-electron chi connectivity index (χ3n) is 3.38. The zero-order valence-corrected chi connectivity index (χ0v) is 10.8. The van der Waals surface area contributed by atoms with Crippen molar-refractivity contribution in [3.63, 3.8) is 0 Å². The summed E-state index contributed by atoms with van der Waals surface area (Å²) in [5.74, 6) is 0.164. The van der Waals surface area contributed by atoms with E-state index in [0.717, 1.165) is 11.1 Å². The van der Waals surface area contributed by atoms with Gasteiger partial charge in [-0.3, -0.25) is 0 Å². The van der Waals surface area contributed by atoms with Gasteiger partial charge in [-0.1, -0.05) is 12.1 Å². The van der Waals surface area contributed by atoms with Gasteiger partial charge in [-0.05, 0) is 49.1 Å². The average Bonchev–Trinajstić information content (AvgIpc) is 2.41. The van der Waals surface area contributed by atoms with Crippen LogP contribution in [-0.2, 0) is 0 Å². The van der Waals surface area contributed by atoms with Crippen molar-refractivity contribution in [3.05, 3.63) is 58.7 Å². The molecule has 0 bridgehead atoms. The highest BCUT2D eigenvalue weighted by molar-refractivity contribution is 5.44. The van der Waals surface area contributed by atoms with E-state index < -0.39 is 5.92 Å². The Labute approximate surface area is 107 Å². The molecule has 2 rings (SSSR count). The summed E-state index contributed by atoms with van der Waals surface area (Å²) in [7, 11) is 0. The smallest absolute Gasteiger partial charge is 0.149 e. The summed E-state index contributed by atoms with van der Waals surface area (Å²) >= 11 is 0. The van der Waals surface area contributed by atoms with E-state index in [1.54, 1.807) is 18.5 Å². The second-order valence-electron chi connectivity index (χ2n) is 4.39. The quantitative estimate of drug-likeness (QED) is 0.806. The minimum absolute atomic E-state index is 0.398. The monoisotopic (exact) mass is 237 g/mol. The van der Waals surface area contributed by atoms with Crippen LogP contribution < -0.4 is 0 Å².